The highest BCUT2D eigenvalue weighted by Gasteiger charge is 2.26. The Labute approximate surface area is 153 Å². The molecule has 26 heavy (non-hydrogen) atoms. The lowest BCUT2D eigenvalue weighted by molar-refractivity contribution is 0.100. The number of benzene rings is 2. The Morgan fingerprint density at radius 1 is 1.19 bits per heavy atom. The monoisotopic (exact) mass is 349 g/mol. The van der Waals surface area contributed by atoms with Crippen molar-refractivity contribution in [2.24, 2.45) is 16.8 Å². The quantitative estimate of drug-likeness (QED) is 0.834. The second-order valence-corrected chi connectivity index (χ2v) is 6.93. The largest absolute Gasteiger partial charge is 0.369 e. The van der Waals surface area contributed by atoms with Crippen LogP contribution in [-0.2, 0) is 6.54 Å². The van der Waals surface area contributed by atoms with Crippen molar-refractivity contribution in [1.29, 1.82) is 0 Å². The smallest absolute Gasteiger partial charge is 0.316 e. The van der Waals surface area contributed by atoms with E-state index in [1.165, 1.54) is 0 Å². The average molecular weight is 349 g/mol. The van der Waals surface area contributed by atoms with E-state index >= 15 is 0 Å². The molecule has 0 spiro atoms. The van der Waals surface area contributed by atoms with Gasteiger partial charge in [0.1, 0.15) is 0 Å². The standard InChI is InChI=1S/C21H23N3O2/c1-14(2)12-24-13-17-9-8-16(21(25)23-26)10-18(17)20(19(24)11-22)15-6-4-3-5-7-15/h3-10,14H,11-13,22H2,1-2H3. The van der Waals surface area contributed by atoms with E-state index in [9.17, 15) is 9.70 Å². The van der Waals surface area contributed by atoms with Crippen LogP contribution in [0.2, 0.25) is 0 Å². The van der Waals surface area contributed by atoms with E-state index in [4.69, 9.17) is 5.73 Å². The summed E-state index contributed by atoms with van der Waals surface area (Å²) < 4.78 is 0. The van der Waals surface area contributed by atoms with Crippen LogP contribution in [0.4, 0.5) is 0 Å². The van der Waals surface area contributed by atoms with Gasteiger partial charge in [0.05, 0.1) is 0 Å². The number of hydrogen-bond donors (Lipinski definition) is 1. The summed E-state index contributed by atoms with van der Waals surface area (Å²) in [4.78, 5) is 24.8. The SMILES string of the molecule is CC(C)CN1Cc2ccc(C(=O)N=O)cc2C(c2ccccc2)=C1CN. The van der Waals surface area contributed by atoms with Gasteiger partial charge in [0.15, 0.2) is 0 Å². The molecule has 0 saturated heterocycles. The summed E-state index contributed by atoms with van der Waals surface area (Å²) in [5.74, 6) is -0.255. The first-order valence-electron chi connectivity index (χ1n) is 8.79. The second-order valence-electron chi connectivity index (χ2n) is 6.93. The zero-order valence-corrected chi connectivity index (χ0v) is 15.1. The number of rotatable bonds is 5. The molecule has 1 aliphatic rings. The zero-order chi connectivity index (χ0) is 18.7. The molecule has 1 amide bonds. The molecular formula is C21H23N3O2. The molecule has 2 N–H and O–H groups in total. The van der Waals surface area contributed by atoms with Crippen LogP contribution in [0, 0.1) is 10.8 Å². The molecule has 0 aliphatic carbocycles. The van der Waals surface area contributed by atoms with Crippen LogP contribution in [-0.4, -0.2) is 23.9 Å². The first kappa shape index (κ1) is 18.0. The third-order valence-electron chi connectivity index (χ3n) is 4.58. The lowest BCUT2D eigenvalue weighted by Gasteiger charge is -2.36. The zero-order valence-electron chi connectivity index (χ0n) is 15.1. The Morgan fingerprint density at radius 2 is 1.92 bits per heavy atom. The Morgan fingerprint density at radius 3 is 2.54 bits per heavy atom. The fourth-order valence-electron chi connectivity index (χ4n) is 3.52. The average Bonchev–Trinajstić information content (AvgIpc) is 2.66. The third kappa shape index (κ3) is 3.44. The number of fused-ring (bicyclic) bond motifs is 1. The summed E-state index contributed by atoms with van der Waals surface area (Å²) in [6.07, 6.45) is 0. The van der Waals surface area contributed by atoms with Gasteiger partial charge in [0, 0.05) is 41.6 Å². The predicted octanol–water partition coefficient (Wildman–Crippen LogP) is 3.78. The summed E-state index contributed by atoms with van der Waals surface area (Å²) in [6, 6.07) is 15.4. The van der Waals surface area contributed by atoms with Gasteiger partial charge in [-0.05, 0) is 34.7 Å². The Balaban J connectivity index is 2.23. The number of nitroso groups, excluding NO2 is 1. The van der Waals surface area contributed by atoms with E-state index in [0.717, 1.165) is 41.1 Å². The van der Waals surface area contributed by atoms with Crippen molar-refractivity contribution in [3.05, 3.63) is 81.4 Å². The molecule has 2 aromatic rings. The number of nitrogens with two attached hydrogens (primary N) is 1. The van der Waals surface area contributed by atoms with Crippen LogP contribution in [0.15, 0.2) is 59.4 Å². The van der Waals surface area contributed by atoms with Crippen molar-refractivity contribution in [2.75, 3.05) is 13.1 Å². The van der Waals surface area contributed by atoms with Crippen LogP contribution in [0.1, 0.15) is 40.9 Å². The van der Waals surface area contributed by atoms with Crippen molar-refractivity contribution in [3.63, 3.8) is 0 Å². The predicted molar refractivity (Wildman–Crippen MR) is 103 cm³/mol. The van der Waals surface area contributed by atoms with Crippen molar-refractivity contribution < 1.29 is 4.79 Å². The highest BCUT2D eigenvalue weighted by Crippen LogP contribution is 2.37. The van der Waals surface area contributed by atoms with Crippen LogP contribution in [0.25, 0.3) is 5.57 Å². The minimum atomic E-state index is -0.751. The minimum Gasteiger partial charge on any atom is -0.369 e. The molecule has 5 nitrogen and oxygen atoms in total. The van der Waals surface area contributed by atoms with Crippen LogP contribution in [0.3, 0.4) is 0 Å². The van der Waals surface area contributed by atoms with Crippen molar-refractivity contribution in [1.82, 2.24) is 4.90 Å². The molecule has 5 heteroatoms. The highest BCUT2D eigenvalue weighted by molar-refractivity contribution is 5.97. The number of amides is 1. The minimum absolute atomic E-state index is 0.306. The fourth-order valence-corrected chi connectivity index (χ4v) is 3.52. The van der Waals surface area contributed by atoms with Gasteiger partial charge in [-0.1, -0.05) is 50.2 Å². The van der Waals surface area contributed by atoms with Crippen molar-refractivity contribution in [3.8, 4) is 0 Å². The molecule has 1 heterocycles. The summed E-state index contributed by atoms with van der Waals surface area (Å²) in [5, 5.41) is 2.56. The van der Waals surface area contributed by atoms with Gasteiger partial charge in [0.2, 0.25) is 0 Å². The van der Waals surface area contributed by atoms with Crippen molar-refractivity contribution in [2.45, 2.75) is 20.4 Å². The molecule has 134 valence electrons. The van der Waals surface area contributed by atoms with E-state index in [2.05, 4.69) is 23.9 Å². The number of carbonyl (C=O) groups excluding carboxylic acids is 1. The van der Waals surface area contributed by atoms with E-state index < -0.39 is 5.91 Å². The van der Waals surface area contributed by atoms with Gasteiger partial charge >= 0.3 is 5.91 Å². The van der Waals surface area contributed by atoms with Gasteiger partial charge in [-0.2, -0.15) is 0 Å². The molecule has 2 aromatic carbocycles. The fraction of sp³-hybridized carbons (Fsp3) is 0.286. The topological polar surface area (TPSA) is 75.8 Å². The lowest BCUT2D eigenvalue weighted by Crippen LogP contribution is -2.34. The molecule has 0 bridgehead atoms. The maximum absolute atomic E-state index is 11.8. The van der Waals surface area contributed by atoms with Gasteiger partial charge in [-0.25, -0.2) is 0 Å². The molecule has 0 atom stereocenters. The molecular weight excluding hydrogens is 326 g/mol. The molecule has 0 unspecified atom stereocenters. The normalized spacial score (nSPS) is 13.8. The Hall–Kier alpha value is -2.79. The van der Waals surface area contributed by atoms with Crippen molar-refractivity contribution >= 4 is 11.5 Å². The van der Waals surface area contributed by atoms with E-state index in [1.54, 1.807) is 12.1 Å². The first-order valence-corrected chi connectivity index (χ1v) is 8.79. The van der Waals surface area contributed by atoms with Gasteiger partial charge in [0.25, 0.3) is 0 Å². The molecule has 0 aromatic heterocycles. The summed E-state index contributed by atoms with van der Waals surface area (Å²) in [5.41, 5.74) is 11.6. The number of hydrogen-bond acceptors (Lipinski definition) is 4. The molecule has 0 radical (unpaired) electrons. The second kappa shape index (κ2) is 7.62. The number of carbonyl (C=O) groups is 1. The van der Waals surface area contributed by atoms with Crippen LogP contribution < -0.4 is 5.73 Å². The Bertz CT molecular complexity index is 857. The number of nitrogens with zero attached hydrogens (tertiary/aromatic N) is 2. The third-order valence-corrected chi connectivity index (χ3v) is 4.58. The highest BCUT2D eigenvalue weighted by atomic mass is 16.3. The van der Waals surface area contributed by atoms with Gasteiger partial charge in [-0.3, -0.25) is 4.79 Å². The summed E-state index contributed by atoms with van der Waals surface area (Å²) in [7, 11) is 0. The maximum atomic E-state index is 11.8. The Kier molecular flexibility index (Phi) is 5.28. The lowest BCUT2D eigenvalue weighted by atomic mass is 9.87. The van der Waals surface area contributed by atoms with Crippen LogP contribution >= 0.6 is 0 Å². The first-order chi connectivity index (χ1) is 12.5. The van der Waals surface area contributed by atoms with Crippen LogP contribution in [0.5, 0.6) is 0 Å². The summed E-state index contributed by atoms with van der Waals surface area (Å²) >= 11 is 0. The van der Waals surface area contributed by atoms with Gasteiger partial charge in [-0.15, -0.1) is 4.91 Å². The molecule has 1 aliphatic heterocycles. The molecule has 0 fully saturated rings. The molecule has 0 saturated carbocycles. The van der Waals surface area contributed by atoms with Gasteiger partial charge < -0.3 is 10.6 Å². The molecule has 3 rings (SSSR count). The van der Waals surface area contributed by atoms with E-state index in [0.29, 0.717) is 18.0 Å². The van der Waals surface area contributed by atoms with E-state index in [1.807, 2.05) is 36.4 Å². The van der Waals surface area contributed by atoms with E-state index in [-0.39, 0.29) is 0 Å². The summed E-state index contributed by atoms with van der Waals surface area (Å²) in [6.45, 7) is 6.41. The maximum Gasteiger partial charge on any atom is 0.316 e.